The normalized spacial score (nSPS) is 16.9. The average Bonchev–Trinajstić information content (AvgIpc) is 3.80. The third kappa shape index (κ3) is 8.79. The monoisotopic (exact) mass is 855 g/mol. The molecular weight excluding hydrogens is 803 g/mol. The molecule has 4 heterocycles. The molecule has 0 saturated heterocycles. The van der Waals surface area contributed by atoms with E-state index in [-0.39, 0.29) is 37.1 Å². The highest BCUT2D eigenvalue weighted by atomic mass is 16.5. The lowest BCUT2D eigenvalue weighted by Crippen LogP contribution is -2.39. The van der Waals surface area contributed by atoms with Gasteiger partial charge in [-0.15, -0.1) is 0 Å². The minimum absolute atomic E-state index is 0.00794. The Morgan fingerprint density at radius 1 is 0.587 bits per heavy atom. The first kappa shape index (κ1) is 41.9. The van der Waals surface area contributed by atoms with Crippen LogP contribution >= 0.6 is 0 Å². The molecule has 5 aromatic rings. The van der Waals surface area contributed by atoms with Crippen LogP contribution in [-0.2, 0) is 40.3 Å². The van der Waals surface area contributed by atoms with Gasteiger partial charge in [0, 0.05) is 55.9 Å². The van der Waals surface area contributed by atoms with Gasteiger partial charge in [-0.1, -0.05) is 36.4 Å². The zero-order valence-corrected chi connectivity index (χ0v) is 35.9. The molecule has 328 valence electrons. The summed E-state index contributed by atoms with van der Waals surface area (Å²) in [6, 6.07) is 29.5. The summed E-state index contributed by atoms with van der Waals surface area (Å²) in [6.45, 7) is 4.70. The van der Waals surface area contributed by atoms with Crippen molar-refractivity contribution >= 4 is 40.3 Å². The van der Waals surface area contributed by atoms with Crippen molar-refractivity contribution < 1.29 is 42.7 Å². The predicted octanol–water partition coefficient (Wildman–Crippen LogP) is 6.95. The quantitative estimate of drug-likeness (QED) is 0.0787. The molecule has 0 spiro atoms. The first-order chi connectivity index (χ1) is 30.9. The Labute approximate surface area is 367 Å². The highest BCUT2D eigenvalue weighted by Crippen LogP contribution is 2.42. The summed E-state index contributed by atoms with van der Waals surface area (Å²) >= 11 is 0. The van der Waals surface area contributed by atoms with Crippen molar-refractivity contribution in [2.75, 3.05) is 99.7 Å². The van der Waals surface area contributed by atoms with Crippen molar-refractivity contribution in [2.24, 2.45) is 0 Å². The maximum absolute atomic E-state index is 14.0. The van der Waals surface area contributed by atoms with E-state index >= 15 is 0 Å². The Balaban J connectivity index is 0.925. The van der Waals surface area contributed by atoms with Gasteiger partial charge in [0.25, 0.3) is 11.8 Å². The van der Waals surface area contributed by atoms with Gasteiger partial charge in [0.1, 0.15) is 13.2 Å². The smallest absolute Gasteiger partial charge is 0.260 e. The zero-order valence-electron chi connectivity index (χ0n) is 35.9. The standard InChI is InChI=1S/C49H53N5O9/c1-57-14-15-61-17-16-60-13-12-50-35-19-31(29-62-46-25-40-38(23-44(46)58-2)48(55)53-36(27-51-40)21-33-8-4-6-10-42(33)53)18-32(20-35)30-63-47-26-41-39(24-45(47)59-3)49(56)54-37(28-52-41)22-34-9-5-7-11-43(34)54/h4-11,18-20,23-26,36-37,50-52H,12-17,21-22,27-30H2,1-3H3/t36-,37-/m0/s1. The number of amides is 2. The lowest BCUT2D eigenvalue weighted by Gasteiger charge is -2.23. The molecule has 4 aliphatic heterocycles. The van der Waals surface area contributed by atoms with Crippen LogP contribution < -0.4 is 44.7 Å². The molecule has 0 aliphatic carbocycles. The minimum atomic E-state index is -0.0691. The summed E-state index contributed by atoms with van der Waals surface area (Å²) in [7, 11) is 4.80. The van der Waals surface area contributed by atoms with Gasteiger partial charge in [0.05, 0.1) is 81.8 Å². The molecular formula is C49H53N5O9. The largest absolute Gasteiger partial charge is 0.493 e. The first-order valence-corrected chi connectivity index (χ1v) is 21.4. The van der Waals surface area contributed by atoms with E-state index in [1.807, 2.05) is 76.5 Å². The van der Waals surface area contributed by atoms with Crippen LogP contribution in [0.4, 0.5) is 28.4 Å². The van der Waals surface area contributed by atoms with Gasteiger partial charge in [-0.2, -0.15) is 0 Å². The molecule has 4 aliphatic rings. The number of benzene rings is 5. The maximum Gasteiger partial charge on any atom is 0.260 e. The highest BCUT2D eigenvalue weighted by Gasteiger charge is 2.39. The van der Waals surface area contributed by atoms with Crippen molar-refractivity contribution in [1.29, 1.82) is 0 Å². The number of carbonyl (C=O) groups excluding carboxylic acids is 2. The number of nitrogens with zero attached hydrogens (tertiary/aromatic N) is 2. The fourth-order valence-corrected chi connectivity index (χ4v) is 8.91. The van der Waals surface area contributed by atoms with E-state index in [1.54, 1.807) is 33.5 Å². The van der Waals surface area contributed by atoms with Gasteiger partial charge in [-0.25, -0.2) is 0 Å². The average molecular weight is 856 g/mol. The topological polar surface area (TPSA) is 141 Å². The Morgan fingerprint density at radius 3 is 1.59 bits per heavy atom. The number of fused-ring (bicyclic) bond motifs is 8. The molecule has 0 saturated carbocycles. The third-order valence-electron chi connectivity index (χ3n) is 11.9. The van der Waals surface area contributed by atoms with E-state index in [9.17, 15) is 9.59 Å². The second kappa shape index (κ2) is 18.9. The van der Waals surface area contributed by atoms with E-state index in [0.717, 1.165) is 41.0 Å². The SMILES string of the molecule is COCCOCCOCCNc1cc(COc2cc3c(cc2OC)C(=O)N2c4ccccc4C[C@H]2CN3)cc(COc2cc3c(cc2OC)C(=O)N2c4ccccc4C[C@H]2CN3)c1. The number of methoxy groups -OCH3 is 3. The summed E-state index contributed by atoms with van der Waals surface area (Å²) in [5.41, 5.74) is 9.33. The Kier molecular flexibility index (Phi) is 12.5. The molecule has 0 bridgehead atoms. The van der Waals surface area contributed by atoms with Gasteiger partial charge in [0.15, 0.2) is 23.0 Å². The zero-order chi connectivity index (χ0) is 43.3. The summed E-state index contributed by atoms with van der Waals surface area (Å²) in [4.78, 5) is 31.8. The minimum Gasteiger partial charge on any atom is -0.493 e. The van der Waals surface area contributed by atoms with Crippen molar-refractivity contribution in [1.82, 2.24) is 0 Å². The van der Waals surface area contributed by atoms with E-state index < -0.39 is 0 Å². The van der Waals surface area contributed by atoms with E-state index in [4.69, 9.17) is 33.2 Å². The number of hydrogen-bond acceptors (Lipinski definition) is 12. The number of anilines is 5. The van der Waals surface area contributed by atoms with Gasteiger partial charge in [0.2, 0.25) is 0 Å². The molecule has 3 N–H and O–H groups in total. The fraction of sp³-hybridized carbons (Fsp3) is 0.347. The van der Waals surface area contributed by atoms with Crippen LogP contribution in [0.1, 0.15) is 43.0 Å². The predicted molar refractivity (Wildman–Crippen MR) is 242 cm³/mol. The number of ether oxygens (including phenoxy) is 7. The van der Waals surface area contributed by atoms with Gasteiger partial charge in [-0.3, -0.25) is 9.59 Å². The number of para-hydroxylation sites is 2. The Morgan fingerprint density at radius 2 is 1.08 bits per heavy atom. The number of rotatable bonds is 18. The molecule has 0 unspecified atom stereocenters. The molecule has 63 heavy (non-hydrogen) atoms. The van der Waals surface area contributed by atoms with E-state index in [2.05, 4.69) is 28.1 Å². The first-order valence-electron chi connectivity index (χ1n) is 21.4. The van der Waals surface area contributed by atoms with E-state index in [0.29, 0.717) is 98.2 Å². The van der Waals surface area contributed by atoms with Crippen LogP contribution in [0.15, 0.2) is 91.0 Å². The summed E-state index contributed by atoms with van der Waals surface area (Å²) in [5.74, 6) is 1.81. The summed E-state index contributed by atoms with van der Waals surface area (Å²) in [6.07, 6.45) is 1.58. The van der Waals surface area contributed by atoms with Gasteiger partial charge < -0.3 is 58.9 Å². The van der Waals surface area contributed by atoms with Crippen LogP contribution in [0.5, 0.6) is 23.0 Å². The second-order valence-electron chi connectivity index (χ2n) is 15.9. The number of hydrogen-bond donors (Lipinski definition) is 3. The Bertz CT molecular complexity index is 2320. The lowest BCUT2D eigenvalue weighted by molar-refractivity contribution is 0.0272. The fourth-order valence-electron chi connectivity index (χ4n) is 8.91. The summed E-state index contributed by atoms with van der Waals surface area (Å²) in [5, 5.41) is 10.5. The van der Waals surface area contributed by atoms with Gasteiger partial charge >= 0.3 is 0 Å². The van der Waals surface area contributed by atoms with Crippen LogP contribution in [0, 0.1) is 0 Å². The van der Waals surface area contributed by atoms with Crippen molar-refractivity contribution in [3.05, 3.63) is 124 Å². The van der Waals surface area contributed by atoms with Crippen molar-refractivity contribution in [3.63, 3.8) is 0 Å². The molecule has 2 atom stereocenters. The second-order valence-corrected chi connectivity index (χ2v) is 15.9. The Hall–Kier alpha value is -6.48. The van der Waals surface area contributed by atoms with Crippen molar-refractivity contribution in [2.45, 2.75) is 38.1 Å². The maximum atomic E-state index is 14.0. The molecule has 2 amide bonds. The molecule has 14 heteroatoms. The highest BCUT2D eigenvalue weighted by molar-refractivity contribution is 6.13. The lowest BCUT2D eigenvalue weighted by atomic mass is 10.1. The van der Waals surface area contributed by atoms with Crippen LogP contribution in [0.3, 0.4) is 0 Å². The van der Waals surface area contributed by atoms with Crippen LogP contribution in [0.2, 0.25) is 0 Å². The molecule has 5 aromatic carbocycles. The molecule has 9 rings (SSSR count). The molecule has 0 aromatic heterocycles. The van der Waals surface area contributed by atoms with E-state index in [1.165, 1.54) is 11.1 Å². The van der Waals surface area contributed by atoms with Crippen LogP contribution in [0.25, 0.3) is 0 Å². The van der Waals surface area contributed by atoms with Crippen LogP contribution in [-0.4, -0.2) is 97.9 Å². The number of carbonyl (C=O) groups is 2. The third-order valence-corrected chi connectivity index (χ3v) is 11.9. The molecule has 0 radical (unpaired) electrons. The summed E-state index contributed by atoms with van der Waals surface area (Å²) < 4.78 is 40.9. The molecule has 14 nitrogen and oxygen atoms in total. The number of nitrogens with one attached hydrogen (secondary N) is 3. The molecule has 0 fully saturated rings. The van der Waals surface area contributed by atoms with Crippen molar-refractivity contribution in [3.8, 4) is 23.0 Å². The van der Waals surface area contributed by atoms with Gasteiger partial charge in [-0.05, 0) is 77.6 Å².